The summed E-state index contributed by atoms with van der Waals surface area (Å²) in [7, 11) is 0. The summed E-state index contributed by atoms with van der Waals surface area (Å²) in [6, 6.07) is 3.30. The van der Waals surface area contributed by atoms with Gasteiger partial charge in [-0.3, -0.25) is 0 Å². The fourth-order valence-corrected chi connectivity index (χ4v) is 1.30. The molecule has 0 saturated carbocycles. The number of carbonyl (C=O) groups is 1. The van der Waals surface area contributed by atoms with Crippen LogP contribution in [0.2, 0.25) is 0 Å². The molecule has 0 bridgehead atoms. The molecule has 0 aliphatic carbocycles. The molecule has 0 heterocycles. The molecule has 0 fully saturated rings. The van der Waals surface area contributed by atoms with Crippen molar-refractivity contribution in [1.29, 1.82) is 0 Å². The van der Waals surface area contributed by atoms with Crippen molar-refractivity contribution in [2.75, 3.05) is 13.1 Å². The molecule has 0 aliphatic heterocycles. The second-order valence-electron chi connectivity index (χ2n) is 3.61. The number of hydrogen-bond acceptors (Lipinski definition) is 2. The van der Waals surface area contributed by atoms with Gasteiger partial charge in [0.1, 0.15) is 11.6 Å². The highest BCUT2D eigenvalue weighted by molar-refractivity contribution is 5.86. The maximum absolute atomic E-state index is 12.8. The first-order valence-electron chi connectivity index (χ1n) is 5.06. The molecule has 0 amide bonds. The van der Waals surface area contributed by atoms with Gasteiger partial charge in [0.15, 0.2) is 0 Å². The van der Waals surface area contributed by atoms with E-state index in [-0.39, 0.29) is 12.1 Å². The second-order valence-corrected chi connectivity index (χ2v) is 3.61. The fourth-order valence-electron chi connectivity index (χ4n) is 1.30. The van der Waals surface area contributed by atoms with Gasteiger partial charge >= 0.3 is 5.97 Å². The lowest BCUT2D eigenvalue weighted by Gasteiger charge is -2.05. The zero-order valence-corrected chi connectivity index (χ0v) is 9.17. The molecule has 0 saturated heterocycles. The summed E-state index contributed by atoms with van der Waals surface area (Å²) in [5.74, 6) is -2.29. The molecule has 1 rings (SSSR count). The summed E-state index contributed by atoms with van der Waals surface area (Å²) < 4.78 is 25.6. The van der Waals surface area contributed by atoms with Crippen LogP contribution in [0.25, 0.3) is 0 Å². The first kappa shape index (κ1) is 13.3. The number of carboxylic acids is 1. The van der Waals surface area contributed by atoms with Gasteiger partial charge in [-0.2, -0.15) is 0 Å². The number of nitrogens with one attached hydrogen (secondary N) is 1. The third-order valence-corrected chi connectivity index (χ3v) is 2.15. The van der Waals surface area contributed by atoms with E-state index in [1.807, 2.05) is 0 Å². The third-order valence-electron chi connectivity index (χ3n) is 2.15. The Morgan fingerprint density at radius 1 is 1.29 bits per heavy atom. The number of rotatable bonds is 6. The van der Waals surface area contributed by atoms with Crippen LogP contribution in [0.5, 0.6) is 0 Å². The number of aliphatic carboxylic acids is 1. The zero-order chi connectivity index (χ0) is 12.8. The van der Waals surface area contributed by atoms with Crippen LogP contribution in [0.1, 0.15) is 5.56 Å². The van der Waals surface area contributed by atoms with Gasteiger partial charge in [0.05, 0.1) is 0 Å². The summed E-state index contributed by atoms with van der Waals surface area (Å²) in [5.41, 5.74) is 0.575. The Labute approximate surface area is 97.8 Å². The molecule has 0 radical (unpaired) electrons. The van der Waals surface area contributed by atoms with Gasteiger partial charge in [-0.15, -0.1) is 0 Å². The smallest absolute Gasteiger partial charge is 0.332 e. The average molecular weight is 241 g/mol. The zero-order valence-electron chi connectivity index (χ0n) is 9.17. The molecule has 1 aromatic rings. The monoisotopic (exact) mass is 241 g/mol. The van der Waals surface area contributed by atoms with E-state index in [1.165, 1.54) is 12.1 Å². The quantitative estimate of drug-likeness (QED) is 0.589. The van der Waals surface area contributed by atoms with Crippen molar-refractivity contribution in [2.45, 2.75) is 6.42 Å². The van der Waals surface area contributed by atoms with E-state index in [1.54, 1.807) is 0 Å². The lowest BCUT2D eigenvalue weighted by Crippen LogP contribution is -2.22. The van der Waals surface area contributed by atoms with E-state index >= 15 is 0 Å². The minimum absolute atomic E-state index is 0.0513. The SMILES string of the molecule is C=C(CNCCc1cc(F)cc(F)c1)C(=O)O. The fraction of sp³-hybridized carbons (Fsp3) is 0.250. The van der Waals surface area contributed by atoms with E-state index in [0.717, 1.165) is 6.07 Å². The van der Waals surface area contributed by atoms with Gasteiger partial charge in [-0.1, -0.05) is 6.58 Å². The molecule has 17 heavy (non-hydrogen) atoms. The van der Waals surface area contributed by atoms with Crippen LogP contribution in [0, 0.1) is 11.6 Å². The Hall–Kier alpha value is -1.75. The molecule has 92 valence electrons. The van der Waals surface area contributed by atoms with Crippen molar-refractivity contribution >= 4 is 5.97 Å². The molecular formula is C12H13F2NO2. The summed E-state index contributed by atoms with van der Waals surface area (Å²) >= 11 is 0. The van der Waals surface area contributed by atoms with E-state index in [2.05, 4.69) is 11.9 Å². The molecule has 0 atom stereocenters. The molecule has 3 nitrogen and oxygen atoms in total. The van der Waals surface area contributed by atoms with Crippen LogP contribution in [-0.4, -0.2) is 24.2 Å². The van der Waals surface area contributed by atoms with Crippen LogP contribution in [-0.2, 0) is 11.2 Å². The van der Waals surface area contributed by atoms with E-state index in [9.17, 15) is 13.6 Å². The molecule has 0 aliphatic rings. The Kier molecular flexibility index (Phi) is 4.78. The first-order chi connectivity index (χ1) is 7.99. The van der Waals surface area contributed by atoms with Crippen molar-refractivity contribution in [3.8, 4) is 0 Å². The molecule has 2 N–H and O–H groups in total. The average Bonchev–Trinajstić information content (AvgIpc) is 2.22. The number of halogens is 2. The van der Waals surface area contributed by atoms with Crippen molar-refractivity contribution in [1.82, 2.24) is 5.32 Å². The Morgan fingerprint density at radius 3 is 2.41 bits per heavy atom. The Bertz CT molecular complexity index is 412. The molecule has 0 unspecified atom stereocenters. The minimum Gasteiger partial charge on any atom is -0.478 e. The highest BCUT2D eigenvalue weighted by Crippen LogP contribution is 2.08. The Balaban J connectivity index is 2.36. The standard InChI is InChI=1S/C12H13F2NO2/c1-8(12(16)17)7-15-3-2-9-4-10(13)6-11(14)5-9/h4-6,15H,1-3,7H2,(H,16,17). The number of benzene rings is 1. The summed E-state index contributed by atoms with van der Waals surface area (Å²) in [6.45, 7) is 3.92. The highest BCUT2D eigenvalue weighted by atomic mass is 19.1. The van der Waals surface area contributed by atoms with Gasteiger partial charge in [0.25, 0.3) is 0 Å². The minimum atomic E-state index is -1.06. The summed E-state index contributed by atoms with van der Waals surface area (Å²) in [6.07, 6.45) is 0.418. The van der Waals surface area contributed by atoms with Crippen LogP contribution in [0.3, 0.4) is 0 Å². The lowest BCUT2D eigenvalue weighted by molar-refractivity contribution is -0.132. The molecule has 5 heteroatoms. The van der Waals surface area contributed by atoms with E-state index in [0.29, 0.717) is 18.5 Å². The highest BCUT2D eigenvalue weighted by Gasteiger charge is 2.03. The number of carboxylic acid groups (broad SMARTS) is 1. The maximum atomic E-state index is 12.8. The molecule has 1 aromatic carbocycles. The van der Waals surface area contributed by atoms with Crippen molar-refractivity contribution in [3.63, 3.8) is 0 Å². The van der Waals surface area contributed by atoms with Gasteiger partial charge in [-0.25, -0.2) is 13.6 Å². The molecule has 0 spiro atoms. The second kappa shape index (κ2) is 6.10. The summed E-state index contributed by atoms with van der Waals surface area (Å²) in [4.78, 5) is 10.4. The number of hydrogen-bond donors (Lipinski definition) is 2. The van der Waals surface area contributed by atoms with Gasteiger partial charge in [-0.05, 0) is 30.7 Å². The van der Waals surface area contributed by atoms with E-state index in [4.69, 9.17) is 5.11 Å². The van der Waals surface area contributed by atoms with Gasteiger partial charge < -0.3 is 10.4 Å². The van der Waals surface area contributed by atoms with Crippen LogP contribution < -0.4 is 5.32 Å². The molecule has 0 aromatic heterocycles. The largest absolute Gasteiger partial charge is 0.478 e. The van der Waals surface area contributed by atoms with E-state index < -0.39 is 17.6 Å². The first-order valence-corrected chi connectivity index (χ1v) is 5.06. The van der Waals surface area contributed by atoms with Crippen molar-refractivity contribution in [2.24, 2.45) is 0 Å². The van der Waals surface area contributed by atoms with Gasteiger partial charge in [0.2, 0.25) is 0 Å². The molecular weight excluding hydrogens is 228 g/mol. The predicted octanol–water partition coefficient (Wildman–Crippen LogP) is 1.74. The summed E-state index contributed by atoms with van der Waals surface area (Å²) in [5, 5.41) is 11.4. The Morgan fingerprint density at radius 2 is 1.88 bits per heavy atom. The van der Waals surface area contributed by atoms with Crippen LogP contribution in [0.15, 0.2) is 30.4 Å². The van der Waals surface area contributed by atoms with Crippen molar-refractivity contribution in [3.05, 3.63) is 47.5 Å². The third kappa shape index (κ3) is 4.74. The van der Waals surface area contributed by atoms with Crippen LogP contribution in [0.4, 0.5) is 8.78 Å². The predicted molar refractivity (Wildman–Crippen MR) is 59.7 cm³/mol. The topological polar surface area (TPSA) is 49.3 Å². The lowest BCUT2D eigenvalue weighted by atomic mass is 10.1. The van der Waals surface area contributed by atoms with Crippen molar-refractivity contribution < 1.29 is 18.7 Å². The normalized spacial score (nSPS) is 10.2. The van der Waals surface area contributed by atoms with Gasteiger partial charge in [0, 0.05) is 18.2 Å². The van der Waals surface area contributed by atoms with Crippen LogP contribution >= 0.6 is 0 Å². The maximum Gasteiger partial charge on any atom is 0.332 e.